The number of nitrogen functional groups attached to an aromatic ring is 1. The number of unbranched alkanes of at least 4 members (excludes halogenated alkanes) is 1. The third-order valence-electron chi connectivity index (χ3n) is 5.39. The molecule has 34 heavy (non-hydrogen) atoms. The van der Waals surface area contributed by atoms with Gasteiger partial charge in [-0.25, -0.2) is 9.59 Å². The number of nitrogens with zero attached hydrogens (tertiary/aromatic N) is 2. The molecule has 0 fully saturated rings. The number of aromatic nitrogens is 2. The Labute approximate surface area is 197 Å². The lowest BCUT2D eigenvalue weighted by Gasteiger charge is -2.26. The lowest BCUT2D eigenvalue weighted by Crippen LogP contribution is -2.39. The molecule has 0 bridgehead atoms. The molecule has 0 unspecified atom stereocenters. The van der Waals surface area contributed by atoms with E-state index in [9.17, 15) is 14.4 Å². The molecule has 0 spiro atoms. The average molecular weight is 467 g/mol. The zero-order valence-corrected chi connectivity index (χ0v) is 19.5. The molecule has 1 heterocycles. The summed E-state index contributed by atoms with van der Waals surface area (Å²) in [5.41, 5.74) is 6.94. The van der Waals surface area contributed by atoms with E-state index in [1.807, 2.05) is 42.2 Å². The van der Waals surface area contributed by atoms with Crippen LogP contribution in [0.25, 0.3) is 0 Å². The lowest BCUT2D eigenvalue weighted by atomic mass is 10.2. The van der Waals surface area contributed by atoms with E-state index < -0.39 is 17.2 Å². The number of carbonyl (C=O) groups excluding carboxylic acids is 1. The van der Waals surface area contributed by atoms with Gasteiger partial charge in [0, 0.05) is 13.1 Å². The van der Waals surface area contributed by atoms with Gasteiger partial charge in [0.05, 0.1) is 19.2 Å². The molecule has 0 saturated heterocycles. The number of nitrogens with two attached hydrogens (primary N) is 1. The highest BCUT2D eigenvalue weighted by Gasteiger charge is 2.19. The molecule has 180 valence electrons. The first-order chi connectivity index (χ1) is 16.4. The van der Waals surface area contributed by atoms with Crippen LogP contribution in [0.2, 0.25) is 0 Å². The second-order valence-electron chi connectivity index (χ2n) is 7.77. The Morgan fingerprint density at radius 2 is 1.79 bits per heavy atom. The van der Waals surface area contributed by atoms with Crippen LogP contribution < -0.4 is 26.6 Å². The fraction of sp³-hybridized carbons (Fsp3) is 0.320. The van der Waals surface area contributed by atoms with Crippen molar-refractivity contribution in [2.75, 3.05) is 30.9 Å². The minimum Gasteiger partial charge on any atom is -0.492 e. The van der Waals surface area contributed by atoms with E-state index in [1.165, 1.54) is 11.7 Å². The van der Waals surface area contributed by atoms with Gasteiger partial charge in [0.15, 0.2) is 0 Å². The van der Waals surface area contributed by atoms with Crippen molar-refractivity contribution in [2.45, 2.75) is 32.9 Å². The van der Waals surface area contributed by atoms with E-state index in [2.05, 4.69) is 4.98 Å². The second kappa shape index (κ2) is 11.7. The van der Waals surface area contributed by atoms with Crippen molar-refractivity contribution in [3.8, 4) is 5.75 Å². The number of esters is 1. The predicted octanol–water partition coefficient (Wildman–Crippen LogP) is 2.79. The summed E-state index contributed by atoms with van der Waals surface area (Å²) in [6.07, 6.45) is 1.65. The summed E-state index contributed by atoms with van der Waals surface area (Å²) in [6, 6.07) is 16.3. The molecule has 3 N–H and O–H groups in total. The normalized spacial score (nSPS) is 10.6. The van der Waals surface area contributed by atoms with Gasteiger partial charge in [0.2, 0.25) is 0 Å². The number of H-pyrrole nitrogens is 1. The van der Waals surface area contributed by atoms with Crippen LogP contribution >= 0.6 is 0 Å². The molecule has 9 heteroatoms. The number of carbonyl (C=O) groups is 1. The van der Waals surface area contributed by atoms with E-state index in [4.69, 9.17) is 15.2 Å². The fourth-order valence-electron chi connectivity index (χ4n) is 3.57. The molecule has 1 aromatic heterocycles. The van der Waals surface area contributed by atoms with Gasteiger partial charge in [-0.05, 0) is 36.2 Å². The van der Waals surface area contributed by atoms with Gasteiger partial charge in [0.1, 0.15) is 23.9 Å². The third-order valence-corrected chi connectivity index (χ3v) is 5.39. The third kappa shape index (κ3) is 6.06. The molecule has 0 aliphatic rings. The lowest BCUT2D eigenvalue weighted by molar-refractivity contribution is 0.0600. The summed E-state index contributed by atoms with van der Waals surface area (Å²) >= 11 is 0. The van der Waals surface area contributed by atoms with Crippen LogP contribution in [0.3, 0.4) is 0 Å². The SMILES string of the molecule is CCCCn1c(N)c(N(CCOc2ccc(C(=O)OC)cc2)Cc2ccccc2)c(=O)[nH]c1=O. The Morgan fingerprint density at radius 1 is 1.09 bits per heavy atom. The minimum atomic E-state index is -0.534. The molecule has 0 atom stereocenters. The number of benzene rings is 2. The van der Waals surface area contributed by atoms with Crippen LogP contribution in [0.1, 0.15) is 35.7 Å². The Bertz CT molecular complexity index is 1200. The monoisotopic (exact) mass is 466 g/mol. The number of hydrogen-bond donors (Lipinski definition) is 2. The summed E-state index contributed by atoms with van der Waals surface area (Å²) in [7, 11) is 1.33. The summed E-state index contributed by atoms with van der Waals surface area (Å²) in [5, 5.41) is 0. The molecule has 0 aliphatic heterocycles. The number of methoxy groups -OCH3 is 1. The van der Waals surface area contributed by atoms with E-state index in [0.717, 1.165) is 18.4 Å². The topological polar surface area (TPSA) is 120 Å². The minimum absolute atomic E-state index is 0.139. The van der Waals surface area contributed by atoms with Crippen LogP contribution in [-0.2, 0) is 17.8 Å². The first kappa shape index (κ1) is 24.6. The number of anilines is 2. The van der Waals surface area contributed by atoms with Crippen molar-refractivity contribution >= 4 is 17.5 Å². The fourth-order valence-corrected chi connectivity index (χ4v) is 3.57. The van der Waals surface area contributed by atoms with Gasteiger partial charge in [-0.2, -0.15) is 0 Å². The molecule has 9 nitrogen and oxygen atoms in total. The maximum atomic E-state index is 12.8. The van der Waals surface area contributed by atoms with Crippen molar-refractivity contribution in [3.05, 3.63) is 86.6 Å². The summed E-state index contributed by atoms with van der Waals surface area (Å²) < 4.78 is 12.0. The first-order valence-corrected chi connectivity index (χ1v) is 11.2. The van der Waals surface area contributed by atoms with Crippen molar-refractivity contribution in [1.82, 2.24) is 9.55 Å². The molecule has 3 aromatic rings. The molecule has 0 saturated carbocycles. The van der Waals surface area contributed by atoms with Gasteiger partial charge >= 0.3 is 11.7 Å². The van der Waals surface area contributed by atoms with Crippen LogP contribution in [0, 0.1) is 0 Å². The van der Waals surface area contributed by atoms with Crippen LogP contribution in [-0.4, -0.2) is 35.8 Å². The summed E-state index contributed by atoms with van der Waals surface area (Å²) in [4.78, 5) is 41.0. The van der Waals surface area contributed by atoms with E-state index in [-0.39, 0.29) is 18.1 Å². The van der Waals surface area contributed by atoms with E-state index >= 15 is 0 Å². The van der Waals surface area contributed by atoms with Crippen LogP contribution in [0.15, 0.2) is 64.2 Å². The maximum Gasteiger partial charge on any atom is 0.337 e. The first-order valence-electron chi connectivity index (χ1n) is 11.2. The number of aromatic amines is 1. The van der Waals surface area contributed by atoms with Gasteiger partial charge in [-0.3, -0.25) is 14.3 Å². The predicted molar refractivity (Wildman–Crippen MR) is 131 cm³/mol. The average Bonchev–Trinajstić information content (AvgIpc) is 2.84. The maximum absolute atomic E-state index is 12.8. The van der Waals surface area contributed by atoms with Crippen molar-refractivity contribution < 1.29 is 14.3 Å². The summed E-state index contributed by atoms with van der Waals surface area (Å²) in [5.74, 6) is 0.288. The summed E-state index contributed by atoms with van der Waals surface area (Å²) in [6.45, 7) is 3.44. The van der Waals surface area contributed by atoms with Gasteiger partial charge in [0.25, 0.3) is 5.56 Å². The Morgan fingerprint density at radius 3 is 2.44 bits per heavy atom. The van der Waals surface area contributed by atoms with Crippen molar-refractivity contribution in [2.24, 2.45) is 0 Å². The molecule has 0 amide bonds. The molecular formula is C25H30N4O5. The molecule has 0 aliphatic carbocycles. The van der Waals surface area contributed by atoms with Gasteiger partial charge in [-0.1, -0.05) is 43.7 Å². The standard InChI is InChI=1S/C25H30N4O5/c1-3-4-14-29-22(26)21(23(30)27-25(29)32)28(17-18-8-6-5-7-9-18)15-16-34-20-12-10-19(11-13-20)24(31)33-2/h5-13H,3-4,14-17,26H2,1-2H3,(H,27,30,32). The number of nitrogens with one attached hydrogen (secondary N) is 1. The van der Waals surface area contributed by atoms with E-state index in [0.29, 0.717) is 30.9 Å². The van der Waals surface area contributed by atoms with Crippen molar-refractivity contribution in [3.63, 3.8) is 0 Å². The highest BCUT2D eigenvalue weighted by Crippen LogP contribution is 2.20. The molecule has 2 aromatic carbocycles. The molecule has 3 rings (SSSR count). The number of ether oxygens (including phenoxy) is 2. The van der Waals surface area contributed by atoms with Crippen LogP contribution in [0.4, 0.5) is 11.5 Å². The van der Waals surface area contributed by atoms with Crippen LogP contribution in [0.5, 0.6) is 5.75 Å². The van der Waals surface area contributed by atoms with Crippen molar-refractivity contribution in [1.29, 1.82) is 0 Å². The Kier molecular flexibility index (Phi) is 8.50. The number of hydrogen-bond acceptors (Lipinski definition) is 7. The van der Waals surface area contributed by atoms with E-state index in [1.54, 1.807) is 24.3 Å². The Hall–Kier alpha value is -4.01. The second-order valence-corrected chi connectivity index (χ2v) is 7.77. The quantitative estimate of drug-likeness (QED) is 0.417. The Balaban J connectivity index is 1.84. The highest BCUT2D eigenvalue weighted by atomic mass is 16.5. The largest absolute Gasteiger partial charge is 0.492 e. The van der Waals surface area contributed by atoms with Gasteiger partial charge in [-0.15, -0.1) is 0 Å². The zero-order valence-electron chi connectivity index (χ0n) is 19.5. The number of rotatable bonds is 11. The molecule has 0 radical (unpaired) electrons. The van der Waals surface area contributed by atoms with Gasteiger partial charge < -0.3 is 20.1 Å². The highest BCUT2D eigenvalue weighted by molar-refractivity contribution is 5.89. The molecular weight excluding hydrogens is 436 g/mol. The smallest absolute Gasteiger partial charge is 0.337 e. The zero-order chi connectivity index (χ0) is 24.5.